The second kappa shape index (κ2) is 2.89. The predicted molar refractivity (Wildman–Crippen MR) is 49.6 cm³/mol. The minimum absolute atomic E-state index is 0.663. The second-order valence-corrected chi connectivity index (χ2v) is 3.29. The zero-order valence-corrected chi connectivity index (χ0v) is 6.97. The molecule has 2 aromatic rings. The van der Waals surface area contributed by atoms with Crippen LogP contribution in [0.15, 0.2) is 34.6 Å². The van der Waals surface area contributed by atoms with Crippen LogP contribution in [0.25, 0.3) is 10.1 Å². The molecule has 0 amide bonds. The monoisotopic (exact) mass is 175 g/mol. The van der Waals surface area contributed by atoms with E-state index in [1.54, 1.807) is 11.3 Å². The summed E-state index contributed by atoms with van der Waals surface area (Å²) in [6.07, 6.45) is 1.52. The van der Waals surface area contributed by atoms with Gasteiger partial charge in [0, 0.05) is 4.70 Å². The molecule has 0 N–H and O–H groups in total. The van der Waals surface area contributed by atoms with Gasteiger partial charge in [0.2, 0.25) is 6.08 Å². The van der Waals surface area contributed by atoms with Crippen molar-refractivity contribution in [1.82, 2.24) is 0 Å². The third-order valence-electron chi connectivity index (χ3n) is 1.61. The van der Waals surface area contributed by atoms with Crippen molar-refractivity contribution in [3.05, 3.63) is 29.6 Å². The van der Waals surface area contributed by atoms with Gasteiger partial charge in [-0.1, -0.05) is 0 Å². The van der Waals surface area contributed by atoms with E-state index in [-0.39, 0.29) is 0 Å². The van der Waals surface area contributed by atoms with Gasteiger partial charge < -0.3 is 0 Å². The van der Waals surface area contributed by atoms with Gasteiger partial charge in [0.05, 0.1) is 5.69 Å². The van der Waals surface area contributed by atoms with E-state index in [9.17, 15) is 4.79 Å². The molecule has 0 saturated heterocycles. The first kappa shape index (κ1) is 7.22. The van der Waals surface area contributed by atoms with E-state index >= 15 is 0 Å². The molecule has 3 heteroatoms. The number of rotatable bonds is 1. The van der Waals surface area contributed by atoms with Gasteiger partial charge in [-0.25, -0.2) is 4.79 Å². The van der Waals surface area contributed by atoms with Crippen LogP contribution in [-0.2, 0) is 4.79 Å². The molecular weight excluding hydrogens is 170 g/mol. The van der Waals surface area contributed by atoms with Crippen LogP contribution in [0.2, 0.25) is 0 Å². The van der Waals surface area contributed by atoms with Crippen molar-refractivity contribution in [3.63, 3.8) is 0 Å². The number of hydrogen-bond acceptors (Lipinski definition) is 3. The van der Waals surface area contributed by atoms with Crippen LogP contribution in [0.4, 0.5) is 5.69 Å². The van der Waals surface area contributed by atoms with Gasteiger partial charge in [-0.3, -0.25) is 0 Å². The Morgan fingerprint density at radius 2 is 2.25 bits per heavy atom. The smallest absolute Gasteiger partial charge is 0.211 e. The van der Waals surface area contributed by atoms with Crippen LogP contribution in [0.1, 0.15) is 0 Å². The fourth-order valence-electron chi connectivity index (χ4n) is 1.08. The van der Waals surface area contributed by atoms with Gasteiger partial charge in [-0.2, -0.15) is 4.99 Å². The van der Waals surface area contributed by atoms with Crippen LogP contribution in [-0.4, -0.2) is 6.08 Å². The highest BCUT2D eigenvalue weighted by atomic mass is 32.1. The van der Waals surface area contributed by atoms with E-state index in [0.29, 0.717) is 5.69 Å². The number of carbonyl (C=O) groups excluding carboxylic acids is 1. The summed E-state index contributed by atoms with van der Waals surface area (Å²) in [7, 11) is 0. The Morgan fingerprint density at radius 3 is 3.08 bits per heavy atom. The quantitative estimate of drug-likeness (QED) is 0.484. The number of benzene rings is 1. The molecule has 0 aliphatic rings. The predicted octanol–water partition coefficient (Wildman–Crippen LogP) is 2.87. The lowest BCUT2D eigenvalue weighted by molar-refractivity contribution is 0.565. The molecule has 0 aliphatic carbocycles. The fourth-order valence-corrected chi connectivity index (χ4v) is 1.85. The summed E-state index contributed by atoms with van der Waals surface area (Å²) in [6.45, 7) is 0. The maximum Gasteiger partial charge on any atom is 0.240 e. The second-order valence-electron chi connectivity index (χ2n) is 2.35. The van der Waals surface area contributed by atoms with E-state index in [1.165, 1.54) is 10.8 Å². The first-order valence-corrected chi connectivity index (χ1v) is 4.33. The highest BCUT2D eigenvalue weighted by molar-refractivity contribution is 7.17. The summed E-state index contributed by atoms with van der Waals surface area (Å²) in [4.78, 5) is 13.5. The van der Waals surface area contributed by atoms with Gasteiger partial charge in [-0.15, -0.1) is 11.3 Å². The van der Waals surface area contributed by atoms with Crippen molar-refractivity contribution >= 4 is 33.2 Å². The fraction of sp³-hybridized carbons (Fsp3) is 0. The molecule has 58 valence electrons. The van der Waals surface area contributed by atoms with Gasteiger partial charge in [0.1, 0.15) is 0 Å². The summed E-state index contributed by atoms with van der Waals surface area (Å²) in [6, 6.07) is 7.64. The number of nitrogens with zero attached hydrogens (tertiary/aromatic N) is 1. The lowest BCUT2D eigenvalue weighted by Gasteiger charge is -1.89. The van der Waals surface area contributed by atoms with Crippen molar-refractivity contribution in [1.29, 1.82) is 0 Å². The molecule has 0 spiro atoms. The normalized spacial score (nSPS) is 9.67. The molecule has 0 aliphatic heterocycles. The van der Waals surface area contributed by atoms with Crippen LogP contribution in [0, 0.1) is 0 Å². The molecule has 12 heavy (non-hydrogen) atoms. The van der Waals surface area contributed by atoms with E-state index in [0.717, 1.165) is 5.39 Å². The van der Waals surface area contributed by atoms with Crippen LogP contribution in [0.3, 0.4) is 0 Å². The molecule has 2 nitrogen and oxygen atoms in total. The Hall–Kier alpha value is -1.44. The Balaban J connectivity index is 2.67. The molecule has 0 unspecified atom stereocenters. The Bertz CT molecular complexity index is 454. The van der Waals surface area contributed by atoms with Crippen LogP contribution >= 0.6 is 11.3 Å². The Labute approximate surface area is 73.2 Å². The molecule has 0 fully saturated rings. The van der Waals surface area contributed by atoms with E-state index in [2.05, 4.69) is 4.99 Å². The van der Waals surface area contributed by atoms with E-state index in [4.69, 9.17) is 0 Å². The summed E-state index contributed by atoms with van der Waals surface area (Å²) >= 11 is 1.67. The molecule has 0 atom stereocenters. The van der Waals surface area contributed by atoms with Gasteiger partial charge in [0.15, 0.2) is 0 Å². The van der Waals surface area contributed by atoms with Gasteiger partial charge >= 0.3 is 0 Å². The third-order valence-corrected chi connectivity index (χ3v) is 2.51. The minimum atomic E-state index is 0.663. The van der Waals surface area contributed by atoms with E-state index < -0.39 is 0 Å². The maximum absolute atomic E-state index is 9.96. The number of fused-ring (bicyclic) bond motifs is 1. The lowest BCUT2D eigenvalue weighted by atomic mass is 10.2. The molecule has 1 aromatic carbocycles. The lowest BCUT2D eigenvalue weighted by Crippen LogP contribution is -1.63. The van der Waals surface area contributed by atoms with Crippen molar-refractivity contribution in [3.8, 4) is 0 Å². The maximum atomic E-state index is 9.96. The highest BCUT2D eigenvalue weighted by Crippen LogP contribution is 2.24. The zero-order chi connectivity index (χ0) is 8.39. The summed E-state index contributed by atoms with van der Waals surface area (Å²) in [5, 5.41) is 3.13. The van der Waals surface area contributed by atoms with E-state index in [1.807, 2.05) is 29.6 Å². The molecule has 1 heterocycles. The third kappa shape index (κ3) is 1.16. The van der Waals surface area contributed by atoms with Gasteiger partial charge in [0.25, 0.3) is 0 Å². The SMILES string of the molecule is O=C=Nc1ccc2sccc2c1. The highest BCUT2D eigenvalue weighted by Gasteiger charge is 1.94. The molecule has 0 radical (unpaired) electrons. The van der Waals surface area contributed by atoms with Crippen molar-refractivity contribution in [2.75, 3.05) is 0 Å². The first-order chi connectivity index (χ1) is 5.90. The summed E-state index contributed by atoms with van der Waals surface area (Å²) in [5.74, 6) is 0. The molecule has 0 saturated carbocycles. The van der Waals surface area contributed by atoms with Crippen molar-refractivity contribution < 1.29 is 4.79 Å². The number of hydrogen-bond donors (Lipinski definition) is 0. The average Bonchev–Trinajstić information content (AvgIpc) is 2.51. The minimum Gasteiger partial charge on any atom is -0.211 e. The number of aliphatic imine (C=N–C) groups is 1. The van der Waals surface area contributed by atoms with Crippen molar-refractivity contribution in [2.45, 2.75) is 0 Å². The average molecular weight is 175 g/mol. The topological polar surface area (TPSA) is 29.4 Å². The molecular formula is C9H5NOS. The number of thiophene rings is 1. The Kier molecular flexibility index (Phi) is 1.74. The standard InChI is InChI=1S/C9H5NOS/c11-6-10-8-1-2-9-7(5-8)3-4-12-9/h1-5H. The van der Waals surface area contributed by atoms with Crippen LogP contribution in [0.5, 0.6) is 0 Å². The van der Waals surface area contributed by atoms with Crippen molar-refractivity contribution in [2.24, 2.45) is 4.99 Å². The molecule has 2 rings (SSSR count). The summed E-state index contributed by atoms with van der Waals surface area (Å²) in [5.41, 5.74) is 0.663. The first-order valence-electron chi connectivity index (χ1n) is 3.45. The summed E-state index contributed by atoms with van der Waals surface area (Å²) < 4.78 is 1.21. The zero-order valence-electron chi connectivity index (χ0n) is 6.15. The van der Waals surface area contributed by atoms with Gasteiger partial charge in [-0.05, 0) is 35.0 Å². The molecule has 1 aromatic heterocycles. The van der Waals surface area contributed by atoms with Crippen LogP contribution < -0.4 is 0 Å². The largest absolute Gasteiger partial charge is 0.240 e. The Morgan fingerprint density at radius 1 is 1.33 bits per heavy atom. The molecule has 0 bridgehead atoms. The number of isocyanates is 1.